The third-order valence-electron chi connectivity index (χ3n) is 7.03. The molecule has 0 amide bonds. The lowest BCUT2D eigenvalue weighted by Crippen LogP contribution is -2.50. The van der Waals surface area contributed by atoms with Crippen LogP contribution in [0.3, 0.4) is 0 Å². The van der Waals surface area contributed by atoms with Crippen molar-refractivity contribution in [3.8, 4) is 0 Å². The Morgan fingerprint density at radius 2 is 1.41 bits per heavy atom. The summed E-state index contributed by atoms with van der Waals surface area (Å²) in [6.45, 7) is 0. The Kier molecular flexibility index (Phi) is 3.82. The summed E-state index contributed by atoms with van der Waals surface area (Å²) in [6, 6.07) is 12.9. The van der Waals surface area contributed by atoms with Crippen LogP contribution in [0.1, 0.15) is 64.8 Å². The minimum Gasteiger partial charge on any atom is -0.294 e. The van der Waals surface area contributed by atoms with E-state index in [2.05, 4.69) is 0 Å². The molecule has 4 aliphatic rings. The van der Waals surface area contributed by atoms with Gasteiger partial charge in [-0.05, 0) is 74.5 Å². The molecule has 2 aromatic rings. The summed E-state index contributed by atoms with van der Waals surface area (Å²) in [5.41, 5.74) is 0.773. The Bertz CT molecular complexity index is 880. The van der Waals surface area contributed by atoms with Gasteiger partial charge in [0.1, 0.15) is 5.82 Å². The van der Waals surface area contributed by atoms with Gasteiger partial charge in [-0.15, -0.1) is 0 Å². The molecule has 2 nitrogen and oxygen atoms in total. The highest BCUT2D eigenvalue weighted by molar-refractivity contribution is 6.16. The zero-order chi connectivity index (χ0) is 18.6. The zero-order valence-electron chi connectivity index (χ0n) is 15.3. The summed E-state index contributed by atoms with van der Waals surface area (Å²) < 4.78 is 14.0. The van der Waals surface area contributed by atoms with Crippen molar-refractivity contribution in [3.05, 3.63) is 71.0 Å². The van der Waals surface area contributed by atoms with Crippen molar-refractivity contribution < 1.29 is 14.0 Å². The van der Waals surface area contributed by atoms with E-state index in [1.165, 1.54) is 37.5 Å². The van der Waals surface area contributed by atoms with Gasteiger partial charge in [0.25, 0.3) is 0 Å². The number of carbonyl (C=O) groups is 2. The van der Waals surface area contributed by atoms with Gasteiger partial charge in [0.15, 0.2) is 11.6 Å². The molecule has 0 unspecified atom stereocenters. The average Bonchev–Trinajstić information content (AvgIpc) is 2.66. The second-order valence-electron chi connectivity index (χ2n) is 8.91. The largest absolute Gasteiger partial charge is 0.294 e. The number of benzene rings is 2. The van der Waals surface area contributed by atoms with Gasteiger partial charge in [-0.3, -0.25) is 9.59 Å². The number of ketones is 2. The standard InChI is InChI=1S/C24H23FO2/c25-19-6-7-20(21(11-19)22(26)18-4-2-1-3-5-18)23(27)24-12-15-8-16(13-24)10-17(9-15)14-24/h1-7,11,15-17H,8-10,12-14H2. The molecule has 3 heteroatoms. The highest BCUT2D eigenvalue weighted by Gasteiger charge is 2.54. The second kappa shape index (κ2) is 6.12. The Hall–Kier alpha value is -2.29. The smallest absolute Gasteiger partial charge is 0.193 e. The maximum atomic E-state index is 14.0. The molecule has 6 rings (SSSR count). The van der Waals surface area contributed by atoms with Crippen molar-refractivity contribution in [2.24, 2.45) is 23.2 Å². The molecular weight excluding hydrogens is 339 g/mol. The van der Waals surface area contributed by atoms with E-state index in [4.69, 9.17) is 0 Å². The maximum absolute atomic E-state index is 14.0. The van der Waals surface area contributed by atoms with Gasteiger partial charge in [0.05, 0.1) is 0 Å². The molecule has 4 saturated carbocycles. The Labute approximate surface area is 158 Å². The van der Waals surface area contributed by atoms with Crippen LogP contribution < -0.4 is 0 Å². The minimum absolute atomic E-state index is 0.0703. The Morgan fingerprint density at radius 1 is 0.815 bits per heavy atom. The highest BCUT2D eigenvalue weighted by atomic mass is 19.1. The first-order valence-electron chi connectivity index (χ1n) is 9.98. The molecular formula is C24H23FO2. The van der Waals surface area contributed by atoms with Gasteiger partial charge in [0, 0.05) is 22.1 Å². The van der Waals surface area contributed by atoms with E-state index in [0.29, 0.717) is 28.9 Å². The van der Waals surface area contributed by atoms with Crippen molar-refractivity contribution in [2.75, 3.05) is 0 Å². The number of halogens is 1. The number of carbonyl (C=O) groups excluding carboxylic acids is 2. The first kappa shape index (κ1) is 16.9. The summed E-state index contributed by atoms with van der Waals surface area (Å²) in [7, 11) is 0. The first-order chi connectivity index (χ1) is 13.0. The maximum Gasteiger partial charge on any atom is 0.193 e. The predicted octanol–water partition coefficient (Wildman–Crippen LogP) is 5.46. The summed E-state index contributed by atoms with van der Waals surface area (Å²) in [4.78, 5) is 26.7. The molecule has 2 aromatic carbocycles. The van der Waals surface area contributed by atoms with E-state index in [9.17, 15) is 14.0 Å². The lowest BCUT2D eigenvalue weighted by molar-refractivity contribution is -0.0353. The molecule has 0 radical (unpaired) electrons. The number of hydrogen-bond donors (Lipinski definition) is 0. The van der Waals surface area contributed by atoms with E-state index in [0.717, 1.165) is 19.3 Å². The topological polar surface area (TPSA) is 34.1 Å². The van der Waals surface area contributed by atoms with Crippen molar-refractivity contribution in [1.29, 1.82) is 0 Å². The monoisotopic (exact) mass is 362 g/mol. The summed E-state index contributed by atoms with van der Waals surface area (Å²) in [5.74, 6) is 1.26. The molecule has 0 aromatic heterocycles. The minimum atomic E-state index is -0.476. The number of rotatable bonds is 4. The lowest BCUT2D eigenvalue weighted by Gasteiger charge is -2.56. The fourth-order valence-corrected chi connectivity index (χ4v) is 6.32. The number of hydrogen-bond acceptors (Lipinski definition) is 2. The number of Topliss-reactive ketones (excluding diaryl/α,β-unsaturated/α-hetero) is 1. The van der Waals surface area contributed by atoms with Gasteiger partial charge >= 0.3 is 0 Å². The lowest BCUT2D eigenvalue weighted by atomic mass is 9.48. The van der Waals surface area contributed by atoms with Crippen LogP contribution in [-0.4, -0.2) is 11.6 Å². The van der Waals surface area contributed by atoms with E-state index in [-0.39, 0.29) is 22.5 Å². The molecule has 4 aliphatic carbocycles. The van der Waals surface area contributed by atoms with Crippen LogP contribution in [0, 0.1) is 29.0 Å². The molecule has 27 heavy (non-hydrogen) atoms. The third kappa shape index (κ3) is 2.75. The predicted molar refractivity (Wildman–Crippen MR) is 101 cm³/mol. The van der Waals surface area contributed by atoms with E-state index >= 15 is 0 Å². The molecule has 0 atom stereocenters. The summed E-state index contributed by atoms with van der Waals surface area (Å²) >= 11 is 0. The van der Waals surface area contributed by atoms with Crippen LogP contribution in [0.5, 0.6) is 0 Å². The van der Waals surface area contributed by atoms with E-state index in [1.807, 2.05) is 6.07 Å². The quantitative estimate of drug-likeness (QED) is 0.677. The van der Waals surface area contributed by atoms with Gasteiger partial charge in [-0.2, -0.15) is 0 Å². The zero-order valence-corrected chi connectivity index (χ0v) is 15.3. The normalized spacial score (nSPS) is 31.1. The van der Waals surface area contributed by atoms with Crippen LogP contribution in [-0.2, 0) is 0 Å². The van der Waals surface area contributed by atoms with Crippen molar-refractivity contribution in [2.45, 2.75) is 38.5 Å². The molecule has 0 heterocycles. The molecule has 0 aliphatic heterocycles. The summed E-state index contributed by atoms with van der Waals surface area (Å²) in [6.07, 6.45) is 6.58. The van der Waals surface area contributed by atoms with Gasteiger partial charge in [-0.25, -0.2) is 4.39 Å². The van der Waals surface area contributed by atoms with Crippen LogP contribution in [0.4, 0.5) is 4.39 Å². The second-order valence-corrected chi connectivity index (χ2v) is 8.91. The molecule has 0 N–H and O–H groups in total. The molecule has 4 bridgehead atoms. The van der Waals surface area contributed by atoms with Crippen molar-refractivity contribution >= 4 is 11.6 Å². The average molecular weight is 362 g/mol. The van der Waals surface area contributed by atoms with E-state index < -0.39 is 5.82 Å². The van der Waals surface area contributed by atoms with Crippen LogP contribution >= 0.6 is 0 Å². The molecule has 0 spiro atoms. The fourth-order valence-electron chi connectivity index (χ4n) is 6.32. The van der Waals surface area contributed by atoms with Gasteiger partial charge in [-0.1, -0.05) is 30.3 Å². The van der Waals surface area contributed by atoms with E-state index in [1.54, 1.807) is 24.3 Å². The Balaban J connectivity index is 1.56. The molecule has 138 valence electrons. The van der Waals surface area contributed by atoms with Gasteiger partial charge < -0.3 is 0 Å². The van der Waals surface area contributed by atoms with Crippen LogP contribution in [0.15, 0.2) is 48.5 Å². The third-order valence-corrected chi connectivity index (χ3v) is 7.03. The van der Waals surface area contributed by atoms with Gasteiger partial charge in [0.2, 0.25) is 0 Å². The highest BCUT2D eigenvalue weighted by Crippen LogP contribution is 2.61. The molecule has 0 saturated heterocycles. The van der Waals surface area contributed by atoms with Crippen molar-refractivity contribution in [1.82, 2.24) is 0 Å². The molecule has 4 fully saturated rings. The SMILES string of the molecule is O=C(c1ccccc1)c1cc(F)ccc1C(=O)C12CC3CC(CC(C3)C1)C2. The van der Waals surface area contributed by atoms with Crippen LogP contribution in [0.25, 0.3) is 0 Å². The Morgan fingerprint density at radius 3 is 2.00 bits per heavy atom. The summed E-state index contributed by atoms with van der Waals surface area (Å²) in [5, 5.41) is 0. The fraction of sp³-hybridized carbons (Fsp3) is 0.417. The van der Waals surface area contributed by atoms with Crippen molar-refractivity contribution in [3.63, 3.8) is 0 Å². The first-order valence-corrected chi connectivity index (χ1v) is 9.98. The van der Waals surface area contributed by atoms with Crippen LogP contribution in [0.2, 0.25) is 0 Å².